The Bertz CT molecular complexity index is 839. The van der Waals surface area contributed by atoms with Crippen LogP contribution in [0.4, 0.5) is 0 Å². The third-order valence-corrected chi connectivity index (χ3v) is 6.82. The number of hydrogen-bond donors (Lipinski definition) is 0. The second-order valence-electron chi connectivity index (χ2n) is 4.73. The Balaban J connectivity index is 2.45. The summed E-state index contributed by atoms with van der Waals surface area (Å²) in [5.41, 5.74) is 2.01. The molecule has 4 nitrogen and oxygen atoms in total. The molecule has 118 valence electrons. The maximum atomic E-state index is 12.3. The van der Waals surface area contributed by atoms with E-state index in [-0.39, 0.29) is 4.86 Å². The van der Waals surface area contributed by atoms with Crippen molar-refractivity contribution in [3.63, 3.8) is 0 Å². The maximum Gasteiger partial charge on any atom is 0.351 e. The molecule has 0 aromatic heterocycles. The Hall–Kier alpha value is -1.92. The van der Waals surface area contributed by atoms with Crippen LogP contribution in [0, 0.1) is 0 Å². The largest absolute Gasteiger partial charge is 0.465 e. The summed E-state index contributed by atoms with van der Waals surface area (Å²) in [6.45, 7) is 0. The second kappa shape index (κ2) is 6.29. The summed E-state index contributed by atoms with van der Waals surface area (Å²) in [7, 11) is 1.66. The van der Waals surface area contributed by atoms with E-state index in [4.69, 9.17) is 9.47 Å². The molecule has 1 aliphatic rings. The maximum absolute atomic E-state index is 12.3. The topological polar surface area (TPSA) is 52.6 Å². The quantitative estimate of drug-likeness (QED) is 0.379. The van der Waals surface area contributed by atoms with Gasteiger partial charge in [-0.2, -0.15) is 0 Å². The normalized spacial score (nSPS) is 14.7. The molecular weight excluding hydrogens is 380 g/mol. The standard InChI is InChI=1S/C17H13BrO4S/c1-21-16(19)15(17(20)22-2)23-13-9-4-3-6-10(13)11-7-5-8-12(18)14(11)23/h3-9H,1-2H3. The predicted octanol–water partition coefficient (Wildman–Crippen LogP) is 3.63. The van der Waals surface area contributed by atoms with Crippen LogP contribution in [0.1, 0.15) is 0 Å². The Morgan fingerprint density at radius 1 is 0.913 bits per heavy atom. The van der Waals surface area contributed by atoms with Gasteiger partial charge in [0.2, 0.25) is 0 Å². The first-order valence-electron chi connectivity index (χ1n) is 6.76. The fourth-order valence-corrected chi connectivity index (χ4v) is 5.82. The lowest BCUT2D eigenvalue weighted by Crippen LogP contribution is -2.26. The van der Waals surface area contributed by atoms with Crippen LogP contribution in [0.2, 0.25) is 0 Å². The van der Waals surface area contributed by atoms with Crippen LogP contribution in [-0.4, -0.2) is 31.0 Å². The highest BCUT2D eigenvalue weighted by Gasteiger charge is 2.33. The molecule has 0 saturated carbocycles. The lowest BCUT2D eigenvalue weighted by Gasteiger charge is -2.12. The fourth-order valence-electron chi connectivity index (χ4n) is 2.55. The Morgan fingerprint density at radius 2 is 1.52 bits per heavy atom. The smallest absolute Gasteiger partial charge is 0.351 e. The molecule has 0 bridgehead atoms. The van der Waals surface area contributed by atoms with Gasteiger partial charge in [0.05, 0.1) is 14.2 Å². The van der Waals surface area contributed by atoms with Crippen LogP contribution in [-0.2, 0) is 19.1 Å². The van der Waals surface area contributed by atoms with Crippen molar-refractivity contribution in [2.24, 2.45) is 0 Å². The molecule has 1 unspecified atom stereocenters. The number of fused-ring (bicyclic) bond motifs is 3. The number of esters is 2. The van der Waals surface area contributed by atoms with Gasteiger partial charge >= 0.3 is 11.9 Å². The van der Waals surface area contributed by atoms with E-state index < -0.39 is 22.4 Å². The molecule has 0 fully saturated rings. The third kappa shape index (κ3) is 2.52. The number of ether oxygens (including phenoxy) is 2. The van der Waals surface area contributed by atoms with Gasteiger partial charge in [-0.3, -0.25) is 0 Å². The van der Waals surface area contributed by atoms with Crippen molar-refractivity contribution in [1.29, 1.82) is 0 Å². The van der Waals surface area contributed by atoms with Crippen LogP contribution >= 0.6 is 26.4 Å². The van der Waals surface area contributed by atoms with Crippen molar-refractivity contribution in [2.45, 2.75) is 9.79 Å². The highest BCUT2D eigenvalue weighted by molar-refractivity contribution is 9.10. The number of carbonyl (C=O) groups is 2. The third-order valence-electron chi connectivity index (χ3n) is 3.51. The van der Waals surface area contributed by atoms with Crippen LogP contribution in [0.15, 0.2) is 56.7 Å². The molecular formula is C17H13BrO4S. The minimum absolute atomic E-state index is 0.00750. The van der Waals surface area contributed by atoms with Crippen molar-refractivity contribution >= 4 is 43.2 Å². The van der Waals surface area contributed by atoms with Gasteiger partial charge < -0.3 is 9.47 Å². The van der Waals surface area contributed by atoms with Crippen LogP contribution < -0.4 is 0 Å². The van der Waals surface area contributed by atoms with Gasteiger partial charge in [0, 0.05) is 14.3 Å². The van der Waals surface area contributed by atoms with Crippen LogP contribution in [0.25, 0.3) is 11.1 Å². The Labute approximate surface area is 144 Å². The summed E-state index contributed by atoms with van der Waals surface area (Å²) in [4.78, 5) is 26.4. The molecule has 23 heavy (non-hydrogen) atoms. The van der Waals surface area contributed by atoms with E-state index in [1.807, 2.05) is 42.5 Å². The highest BCUT2D eigenvalue weighted by atomic mass is 79.9. The Morgan fingerprint density at radius 3 is 2.17 bits per heavy atom. The summed E-state index contributed by atoms with van der Waals surface area (Å²) >= 11 is 3.55. The van der Waals surface area contributed by atoms with Gasteiger partial charge in [-0.05, 0) is 39.2 Å². The SMILES string of the molecule is COC(=O)C(C(=O)OC)=S1c2ccccc2-c2cccc(Br)c21. The van der Waals surface area contributed by atoms with E-state index in [2.05, 4.69) is 15.9 Å². The molecule has 0 aliphatic carbocycles. The molecule has 0 amide bonds. The van der Waals surface area contributed by atoms with E-state index in [1.54, 1.807) is 0 Å². The number of hydrogen-bond acceptors (Lipinski definition) is 4. The zero-order valence-corrected chi connectivity index (χ0v) is 14.9. The van der Waals surface area contributed by atoms with Crippen LogP contribution in [0.5, 0.6) is 0 Å². The van der Waals surface area contributed by atoms with Crippen molar-refractivity contribution in [3.05, 3.63) is 46.9 Å². The van der Waals surface area contributed by atoms with Crippen molar-refractivity contribution in [3.8, 4) is 11.1 Å². The number of halogens is 1. The molecule has 1 atom stereocenters. The molecule has 6 heteroatoms. The molecule has 2 aromatic rings. The molecule has 0 N–H and O–H groups in total. The highest BCUT2D eigenvalue weighted by Crippen LogP contribution is 2.56. The summed E-state index contributed by atoms with van der Waals surface area (Å²) in [6, 6.07) is 13.6. The van der Waals surface area contributed by atoms with Gasteiger partial charge in [-0.15, -0.1) is 0 Å². The summed E-state index contributed by atoms with van der Waals surface area (Å²) < 4.78 is 10.5. The van der Waals surface area contributed by atoms with E-state index in [0.717, 1.165) is 25.4 Å². The fraction of sp³-hybridized carbons (Fsp3) is 0.118. The molecule has 2 aromatic carbocycles. The second-order valence-corrected chi connectivity index (χ2v) is 7.45. The first-order valence-corrected chi connectivity index (χ1v) is 8.77. The zero-order valence-electron chi connectivity index (χ0n) is 12.5. The molecule has 0 saturated heterocycles. The summed E-state index contributed by atoms with van der Waals surface area (Å²) in [6.07, 6.45) is 0. The lowest BCUT2D eigenvalue weighted by atomic mass is 10.1. The van der Waals surface area contributed by atoms with Crippen molar-refractivity contribution in [1.82, 2.24) is 0 Å². The van der Waals surface area contributed by atoms with Crippen molar-refractivity contribution < 1.29 is 19.1 Å². The minimum Gasteiger partial charge on any atom is -0.465 e. The molecule has 0 radical (unpaired) electrons. The zero-order chi connectivity index (χ0) is 16.6. The minimum atomic E-state index is -0.866. The monoisotopic (exact) mass is 392 g/mol. The molecule has 0 spiro atoms. The molecule has 1 aliphatic heterocycles. The molecule has 1 heterocycles. The number of rotatable bonds is 2. The number of benzene rings is 2. The number of carbonyl (C=O) groups excluding carboxylic acids is 2. The first-order chi connectivity index (χ1) is 11.1. The molecule has 3 rings (SSSR count). The van der Waals surface area contributed by atoms with Gasteiger partial charge in [0.15, 0.2) is 4.86 Å². The van der Waals surface area contributed by atoms with E-state index in [9.17, 15) is 9.59 Å². The van der Waals surface area contributed by atoms with Crippen LogP contribution in [0.3, 0.4) is 0 Å². The van der Waals surface area contributed by atoms with Gasteiger partial charge in [-0.25, -0.2) is 9.59 Å². The lowest BCUT2D eigenvalue weighted by molar-refractivity contribution is -0.137. The van der Waals surface area contributed by atoms with E-state index >= 15 is 0 Å². The average molecular weight is 393 g/mol. The van der Waals surface area contributed by atoms with Gasteiger partial charge in [0.1, 0.15) is 0 Å². The van der Waals surface area contributed by atoms with Gasteiger partial charge in [-0.1, -0.05) is 40.8 Å². The van der Waals surface area contributed by atoms with E-state index in [1.165, 1.54) is 14.2 Å². The number of methoxy groups -OCH3 is 2. The first kappa shape index (κ1) is 16.0. The summed E-state index contributed by atoms with van der Waals surface area (Å²) in [5.74, 6) is -1.34. The van der Waals surface area contributed by atoms with E-state index in [0.29, 0.717) is 0 Å². The summed E-state index contributed by atoms with van der Waals surface area (Å²) in [5, 5.41) is 0. The Kier molecular flexibility index (Phi) is 4.37. The average Bonchev–Trinajstić information content (AvgIpc) is 2.91. The predicted molar refractivity (Wildman–Crippen MR) is 92.7 cm³/mol. The van der Waals surface area contributed by atoms with Crippen molar-refractivity contribution in [2.75, 3.05) is 14.2 Å². The van der Waals surface area contributed by atoms with Gasteiger partial charge in [0.25, 0.3) is 0 Å².